The van der Waals surface area contributed by atoms with Crippen LogP contribution in [-0.4, -0.2) is 22.4 Å². The minimum Gasteiger partial charge on any atom is -0.482 e. The second-order valence-corrected chi connectivity index (χ2v) is 7.03. The van der Waals surface area contributed by atoms with Crippen LogP contribution in [0.15, 0.2) is 66.9 Å². The van der Waals surface area contributed by atoms with Gasteiger partial charge in [-0.1, -0.05) is 47.5 Å². The average Bonchev–Trinajstić information content (AvgIpc) is 2.75. The largest absolute Gasteiger partial charge is 0.482 e. The Balaban J connectivity index is 1.76. The molecule has 3 aromatic rings. The van der Waals surface area contributed by atoms with Crippen LogP contribution in [0, 0.1) is 11.3 Å². The summed E-state index contributed by atoms with van der Waals surface area (Å²) in [6, 6.07) is 19.6. The number of benzene rings is 2. The summed E-state index contributed by atoms with van der Waals surface area (Å²) in [6.45, 7) is 0.422. The Morgan fingerprint density at radius 2 is 1.83 bits per heavy atom. The molecular formula is C22H17Cl2N3O2. The van der Waals surface area contributed by atoms with Gasteiger partial charge in [-0.3, -0.25) is 9.78 Å². The molecule has 1 amide bonds. The molecule has 0 saturated carbocycles. The van der Waals surface area contributed by atoms with Gasteiger partial charge in [-0.15, -0.1) is 0 Å². The first kappa shape index (κ1) is 20.7. The molecule has 7 heteroatoms. The zero-order chi connectivity index (χ0) is 20.6. The summed E-state index contributed by atoms with van der Waals surface area (Å²) in [7, 11) is 0. The molecule has 1 aromatic heterocycles. The molecule has 0 aliphatic heterocycles. The molecule has 0 spiro atoms. The molecule has 146 valence electrons. The fourth-order valence-electron chi connectivity index (χ4n) is 2.69. The average molecular weight is 426 g/mol. The van der Waals surface area contributed by atoms with E-state index in [1.807, 2.05) is 24.3 Å². The molecule has 0 unspecified atom stereocenters. The van der Waals surface area contributed by atoms with E-state index in [4.69, 9.17) is 27.9 Å². The monoisotopic (exact) mass is 425 g/mol. The lowest BCUT2D eigenvalue weighted by atomic mass is 10.2. The van der Waals surface area contributed by atoms with Crippen molar-refractivity contribution in [1.82, 2.24) is 9.88 Å². The molecule has 0 atom stereocenters. The molecule has 0 aliphatic carbocycles. The number of halogens is 2. The third kappa shape index (κ3) is 5.71. The summed E-state index contributed by atoms with van der Waals surface area (Å²) in [6.07, 6.45) is 1.68. The van der Waals surface area contributed by atoms with E-state index in [2.05, 4.69) is 11.1 Å². The van der Waals surface area contributed by atoms with E-state index < -0.39 is 0 Å². The highest BCUT2D eigenvalue weighted by molar-refractivity contribution is 6.42. The maximum Gasteiger partial charge on any atom is 0.261 e. The Bertz CT molecular complexity index is 1040. The van der Waals surface area contributed by atoms with Crippen LogP contribution in [0.2, 0.25) is 10.0 Å². The normalized spacial score (nSPS) is 10.2. The van der Waals surface area contributed by atoms with Crippen molar-refractivity contribution in [2.45, 2.75) is 13.1 Å². The molecule has 0 saturated heterocycles. The van der Waals surface area contributed by atoms with E-state index in [1.54, 1.807) is 47.5 Å². The number of hydrogen-bond donors (Lipinski definition) is 0. The van der Waals surface area contributed by atoms with E-state index in [0.29, 0.717) is 34.4 Å². The van der Waals surface area contributed by atoms with Crippen molar-refractivity contribution in [3.8, 4) is 11.8 Å². The van der Waals surface area contributed by atoms with Gasteiger partial charge in [-0.05, 0) is 42.0 Å². The summed E-state index contributed by atoms with van der Waals surface area (Å²) in [5, 5.41) is 10.1. The van der Waals surface area contributed by atoms with Crippen molar-refractivity contribution in [1.29, 1.82) is 5.26 Å². The van der Waals surface area contributed by atoms with Crippen molar-refractivity contribution >= 4 is 29.1 Å². The van der Waals surface area contributed by atoms with Crippen LogP contribution in [0.3, 0.4) is 0 Å². The van der Waals surface area contributed by atoms with E-state index in [0.717, 1.165) is 11.3 Å². The highest BCUT2D eigenvalue weighted by atomic mass is 35.5. The molecular weight excluding hydrogens is 409 g/mol. The first-order valence-electron chi connectivity index (χ1n) is 8.80. The van der Waals surface area contributed by atoms with Gasteiger partial charge in [-0.2, -0.15) is 5.26 Å². The first-order valence-corrected chi connectivity index (χ1v) is 9.56. The van der Waals surface area contributed by atoms with Crippen LogP contribution in [0.25, 0.3) is 0 Å². The molecule has 29 heavy (non-hydrogen) atoms. The van der Waals surface area contributed by atoms with Crippen molar-refractivity contribution < 1.29 is 9.53 Å². The van der Waals surface area contributed by atoms with Gasteiger partial charge in [0.25, 0.3) is 5.91 Å². The minimum absolute atomic E-state index is 0.202. The minimum atomic E-state index is -0.241. The van der Waals surface area contributed by atoms with Gasteiger partial charge in [0.1, 0.15) is 11.8 Å². The summed E-state index contributed by atoms with van der Waals surface area (Å²) in [5.41, 5.74) is 1.96. The van der Waals surface area contributed by atoms with Gasteiger partial charge in [0.05, 0.1) is 27.8 Å². The van der Waals surface area contributed by atoms with Gasteiger partial charge in [0, 0.05) is 12.7 Å². The van der Waals surface area contributed by atoms with Crippen molar-refractivity contribution in [2.75, 3.05) is 6.61 Å². The van der Waals surface area contributed by atoms with E-state index in [1.165, 1.54) is 0 Å². The number of nitrogens with zero attached hydrogens (tertiary/aromatic N) is 3. The number of carbonyl (C=O) groups excluding carboxylic acids is 1. The van der Waals surface area contributed by atoms with Crippen LogP contribution < -0.4 is 4.74 Å². The van der Waals surface area contributed by atoms with Gasteiger partial charge in [-0.25, -0.2) is 0 Å². The van der Waals surface area contributed by atoms with Crippen LogP contribution >= 0.6 is 23.2 Å². The Morgan fingerprint density at radius 1 is 1.03 bits per heavy atom. The highest BCUT2D eigenvalue weighted by Gasteiger charge is 2.17. The smallest absolute Gasteiger partial charge is 0.261 e. The highest BCUT2D eigenvalue weighted by Crippen LogP contribution is 2.24. The molecule has 0 fully saturated rings. The molecule has 2 aromatic carbocycles. The maximum absolute atomic E-state index is 12.9. The standard InChI is InChI=1S/C22H17Cl2N3O2/c23-19-9-8-16(11-20(19)24)13-27(14-18-6-3-4-10-26-18)22(28)15-29-21-7-2-1-5-17(21)12-25/h1-11H,13-15H2. The van der Waals surface area contributed by atoms with Crippen LogP contribution in [0.4, 0.5) is 0 Å². The van der Waals surface area contributed by atoms with Crippen LogP contribution in [0.1, 0.15) is 16.8 Å². The SMILES string of the molecule is N#Cc1ccccc1OCC(=O)N(Cc1ccc(Cl)c(Cl)c1)Cc1ccccn1. The van der Waals surface area contributed by atoms with Gasteiger partial charge >= 0.3 is 0 Å². The molecule has 3 rings (SSSR count). The number of nitriles is 1. The summed E-state index contributed by atoms with van der Waals surface area (Å²) in [4.78, 5) is 18.8. The van der Waals surface area contributed by atoms with E-state index in [9.17, 15) is 10.1 Å². The number of carbonyl (C=O) groups is 1. The van der Waals surface area contributed by atoms with Crippen molar-refractivity contribution in [3.05, 3.63) is 93.7 Å². The fourth-order valence-corrected chi connectivity index (χ4v) is 3.01. The lowest BCUT2D eigenvalue weighted by Gasteiger charge is -2.23. The fraction of sp³-hybridized carbons (Fsp3) is 0.136. The number of rotatable bonds is 7. The second-order valence-electron chi connectivity index (χ2n) is 6.22. The quantitative estimate of drug-likeness (QED) is 0.541. The zero-order valence-electron chi connectivity index (χ0n) is 15.4. The maximum atomic E-state index is 12.9. The van der Waals surface area contributed by atoms with E-state index in [-0.39, 0.29) is 12.5 Å². The Kier molecular flexibility index (Phi) is 7.07. The number of pyridine rings is 1. The summed E-state index contributed by atoms with van der Waals surface area (Å²) in [5.74, 6) is 0.130. The predicted molar refractivity (Wildman–Crippen MR) is 112 cm³/mol. The Labute approximate surface area is 179 Å². The molecule has 0 aliphatic rings. The van der Waals surface area contributed by atoms with Gasteiger partial charge < -0.3 is 9.64 Å². The van der Waals surface area contributed by atoms with Crippen LogP contribution in [0.5, 0.6) is 5.75 Å². The van der Waals surface area contributed by atoms with Crippen molar-refractivity contribution in [2.24, 2.45) is 0 Å². The number of aromatic nitrogens is 1. The summed E-state index contributed by atoms with van der Waals surface area (Å²) >= 11 is 12.1. The number of hydrogen-bond acceptors (Lipinski definition) is 4. The van der Waals surface area contributed by atoms with Crippen LogP contribution in [-0.2, 0) is 17.9 Å². The number of amides is 1. The Morgan fingerprint density at radius 3 is 2.55 bits per heavy atom. The Hall–Kier alpha value is -3.07. The lowest BCUT2D eigenvalue weighted by molar-refractivity contribution is -0.134. The predicted octanol–water partition coefficient (Wildman–Crippen LogP) is 4.87. The third-order valence-corrected chi connectivity index (χ3v) is 4.89. The van der Waals surface area contributed by atoms with Crippen molar-refractivity contribution in [3.63, 3.8) is 0 Å². The van der Waals surface area contributed by atoms with Gasteiger partial charge in [0.2, 0.25) is 0 Å². The molecule has 1 heterocycles. The number of ether oxygens (including phenoxy) is 1. The van der Waals surface area contributed by atoms with Gasteiger partial charge in [0.15, 0.2) is 6.61 Å². The second kappa shape index (κ2) is 9.92. The lowest BCUT2D eigenvalue weighted by Crippen LogP contribution is -2.34. The zero-order valence-corrected chi connectivity index (χ0v) is 16.9. The molecule has 0 radical (unpaired) electrons. The third-order valence-electron chi connectivity index (χ3n) is 4.15. The molecule has 5 nitrogen and oxygen atoms in total. The number of para-hydroxylation sites is 1. The summed E-state index contributed by atoms with van der Waals surface area (Å²) < 4.78 is 5.61. The topological polar surface area (TPSA) is 66.2 Å². The molecule has 0 bridgehead atoms. The van der Waals surface area contributed by atoms with E-state index >= 15 is 0 Å². The first-order chi connectivity index (χ1) is 14.1. The molecule has 0 N–H and O–H groups in total.